The van der Waals surface area contributed by atoms with E-state index in [2.05, 4.69) is 23.8 Å². The van der Waals surface area contributed by atoms with Crippen LogP contribution in [0.15, 0.2) is 35.7 Å². The van der Waals surface area contributed by atoms with Gasteiger partial charge in [-0.25, -0.2) is 4.79 Å². The van der Waals surface area contributed by atoms with Crippen LogP contribution in [0, 0.1) is 6.92 Å². The van der Waals surface area contributed by atoms with Crippen molar-refractivity contribution < 1.29 is 19.1 Å². The number of ketones is 1. The van der Waals surface area contributed by atoms with Gasteiger partial charge in [-0.3, -0.25) is 4.79 Å². The maximum Gasteiger partial charge on any atom is 0.338 e. The lowest BCUT2D eigenvalue weighted by molar-refractivity contribution is 0.0601. The van der Waals surface area contributed by atoms with E-state index in [0.29, 0.717) is 16.2 Å². The quantitative estimate of drug-likeness (QED) is 0.260. The molecule has 1 aromatic carbocycles. The van der Waals surface area contributed by atoms with Gasteiger partial charge in [0.25, 0.3) is 0 Å². The zero-order valence-electron chi connectivity index (χ0n) is 16.8. The number of thiophene rings is 1. The number of methoxy groups -OCH3 is 1. The summed E-state index contributed by atoms with van der Waals surface area (Å²) >= 11 is 1.22. The number of ether oxygens (including phenoxy) is 2. The summed E-state index contributed by atoms with van der Waals surface area (Å²) in [5.74, 6) is 0.0606. The number of aryl methyl sites for hydroxylation is 1. The minimum Gasteiger partial charge on any atom is -0.485 e. The average molecular weight is 401 g/mol. The lowest BCUT2D eigenvalue weighted by Gasteiger charge is -2.07. The standard InChI is InChI=1S/C23H28O4S/c1-4-5-6-7-8-9-10-18-11-12-20(13-17(18)2)27-15-21(24)22-14-19(16-28-22)23(25)26-3/h9-14,16H,4-8,15H2,1-3H3/b10-9+. The van der Waals surface area contributed by atoms with E-state index in [1.807, 2.05) is 25.1 Å². The molecule has 0 unspecified atom stereocenters. The largest absolute Gasteiger partial charge is 0.485 e. The number of carbonyl (C=O) groups excluding carboxylic acids is 2. The summed E-state index contributed by atoms with van der Waals surface area (Å²) in [6, 6.07) is 7.38. The Morgan fingerprint density at radius 2 is 1.96 bits per heavy atom. The maximum atomic E-state index is 12.3. The number of esters is 1. The fourth-order valence-electron chi connectivity index (χ4n) is 2.75. The summed E-state index contributed by atoms with van der Waals surface area (Å²) in [5, 5.41) is 1.62. The van der Waals surface area contributed by atoms with E-state index in [0.717, 1.165) is 17.5 Å². The summed E-state index contributed by atoms with van der Waals surface area (Å²) in [4.78, 5) is 24.2. The Morgan fingerprint density at radius 1 is 1.14 bits per heavy atom. The van der Waals surface area contributed by atoms with Crippen LogP contribution < -0.4 is 4.74 Å². The molecule has 1 aromatic heterocycles. The Labute approximate surface area is 171 Å². The Balaban J connectivity index is 1.86. The number of benzene rings is 1. The molecule has 0 radical (unpaired) electrons. The van der Waals surface area contributed by atoms with Crippen molar-refractivity contribution in [2.24, 2.45) is 0 Å². The molecule has 0 atom stereocenters. The van der Waals surface area contributed by atoms with E-state index < -0.39 is 5.97 Å². The minimum absolute atomic E-state index is 0.0623. The SMILES string of the molecule is CCCCCC/C=C/c1ccc(OCC(=O)c2cc(C(=O)OC)cs2)cc1C. The molecule has 0 fully saturated rings. The predicted octanol–water partition coefficient (Wildman–Crippen LogP) is 6.09. The van der Waals surface area contributed by atoms with Gasteiger partial charge in [0.15, 0.2) is 6.61 Å². The van der Waals surface area contributed by atoms with Crippen molar-refractivity contribution in [3.8, 4) is 5.75 Å². The molecule has 0 bridgehead atoms. The number of hydrogen-bond donors (Lipinski definition) is 0. The van der Waals surface area contributed by atoms with Gasteiger partial charge in [-0.05, 0) is 49.1 Å². The van der Waals surface area contributed by atoms with Crippen molar-refractivity contribution in [3.63, 3.8) is 0 Å². The molecule has 5 heteroatoms. The Bertz CT molecular complexity index is 820. The fourth-order valence-corrected chi connectivity index (χ4v) is 3.56. The van der Waals surface area contributed by atoms with Crippen molar-refractivity contribution in [1.29, 1.82) is 0 Å². The molecule has 0 aliphatic rings. The predicted molar refractivity (Wildman–Crippen MR) is 114 cm³/mol. The summed E-state index contributed by atoms with van der Waals surface area (Å²) in [6.07, 6.45) is 10.5. The van der Waals surface area contributed by atoms with Crippen LogP contribution in [0.3, 0.4) is 0 Å². The van der Waals surface area contributed by atoms with Crippen molar-refractivity contribution in [2.75, 3.05) is 13.7 Å². The molecule has 2 aromatic rings. The number of carbonyl (C=O) groups is 2. The van der Waals surface area contributed by atoms with Crippen molar-refractivity contribution in [2.45, 2.75) is 46.0 Å². The second-order valence-corrected chi connectivity index (χ2v) is 7.58. The highest BCUT2D eigenvalue weighted by atomic mass is 32.1. The molecular weight excluding hydrogens is 372 g/mol. The Hall–Kier alpha value is -2.40. The van der Waals surface area contributed by atoms with Crippen LogP contribution in [0.4, 0.5) is 0 Å². The summed E-state index contributed by atoms with van der Waals surface area (Å²) < 4.78 is 10.3. The molecule has 0 saturated heterocycles. The second-order valence-electron chi connectivity index (χ2n) is 6.67. The zero-order valence-corrected chi connectivity index (χ0v) is 17.6. The first kappa shape index (κ1) is 21.9. The Morgan fingerprint density at radius 3 is 2.68 bits per heavy atom. The van der Waals surface area contributed by atoms with Crippen LogP contribution in [0.1, 0.15) is 70.2 Å². The topological polar surface area (TPSA) is 52.6 Å². The highest BCUT2D eigenvalue weighted by molar-refractivity contribution is 7.12. The molecule has 150 valence electrons. The molecular formula is C23H28O4S. The first-order chi connectivity index (χ1) is 13.5. The third-order valence-electron chi connectivity index (χ3n) is 4.43. The Kier molecular flexibility index (Phi) is 8.95. The van der Waals surface area contributed by atoms with Gasteiger partial charge in [0.1, 0.15) is 5.75 Å². The van der Waals surface area contributed by atoms with Crippen molar-refractivity contribution >= 4 is 29.2 Å². The van der Waals surface area contributed by atoms with Gasteiger partial charge in [-0.1, -0.05) is 44.4 Å². The lowest BCUT2D eigenvalue weighted by atomic mass is 10.1. The average Bonchev–Trinajstić information content (AvgIpc) is 3.19. The van der Waals surface area contributed by atoms with Gasteiger partial charge in [0, 0.05) is 5.38 Å². The number of rotatable bonds is 11. The van der Waals surface area contributed by atoms with Gasteiger partial charge in [0.2, 0.25) is 5.78 Å². The fraction of sp³-hybridized carbons (Fsp3) is 0.391. The van der Waals surface area contributed by atoms with Crippen molar-refractivity contribution in [1.82, 2.24) is 0 Å². The number of unbranched alkanes of at least 4 members (excludes halogenated alkanes) is 4. The molecule has 0 N–H and O–H groups in total. The molecule has 4 nitrogen and oxygen atoms in total. The normalized spacial score (nSPS) is 11.0. The van der Waals surface area contributed by atoms with Gasteiger partial charge in [-0.15, -0.1) is 11.3 Å². The molecule has 0 amide bonds. The van der Waals surface area contributed by atoms with Gasteiger partial charge >= 0.3 is 5.97 Å². The van der Waals surface area contributed by atoms with Gasteiger partial charge in [0.05, 0.1) is 17.6 Å². The molecule has 0 aliphatic carbocycles. The van der Waals surface area contributed by atoms with Crippen molar-refractivity contribution in [3.05, 3.63) is 57.3 Å². The van der Waals surface area contributed by atoms with E-state index in [-0.39, 0.29) is 12.4 Å². The number of allylic oxidation sites excluding steroid dienone is 1. The van der Waals surface area contributed by atoms with E-state index in [9.17, 15) is 9.59 Å². The molecule has 0 aliphatic heterocycles. The van der Waals surface area contributed by atoms with Gasteiger partial charge < -0.3 is 9.47 Å². The summed E-state index contributed by atoms with van der Waals surface area (Å²) in [5.41, 5.74) is 2.66. The van der Waals surface area contributed by atoms with Crippen LogP contribution in [0.25, 0.3) is 6.08 Å². The molecule has 2 rings (SSSR count). The smallest absolute Gasteiger partial charge is 0.338 e. The molecule has 28 heavy (non-hydrogen) atoms. The second kappa shape index (κ2) is 11.4. The van der Waals surface area contributed by atoms with Crippen LogP contribution in [0.2, 0.25) is 0 Å². The zero-order chi connectivity index (χ0) is 20.4. The van der Waals surface area contributed by atoms with Crippen LogP contribution >= 0.6 is 11.3 Å². The van der Waals surface area contributed by atoms with Gasteiger partial charge in [-0.2, -0.15) is 0 Å². The first-order valence-corrected chi connectivity index (χ1v) is 10.5. The highest BCUT2D eigenvalue weighted by Crippen LogP contribution is 2.21. The van der Waals surface area contributed by atoms with E-state index in [1.165, 1.54) is 44.1 Å². The lowest BCUT2D eigenvalue weighted by Crippen LogP contribution is -2.10. The van der Waals surface area contributed by atoms with E-state index in [4.69, 9.17) is 4.74 Å². The summed E-state index contributed by atoms with van der Waals surface area (Å²) in [6.45, 7) is 4.19. The minimum atomic E-state index is -0.444. The first-order valence-electron chi connectivity index (χ1n) is 9.65. The monoisotopic (exact) mass is 400 g/mol. The third kappa shape index (κ3) is 6.64. The summed E-state index contributed by atoms with van der Waals surface area (Å²) in [7, 11) is 1.32. The van der Waals surface area contributed by atoms with E-state index >= 15 is 0 Å². The van der Waals surface area contributed by atoms with Crippen LogP contribution in [-0.4, -0.2) is 25.5 Å². The van der Waals surface area contributed by atoms with Crippen LogP contribution in [-0.2, 0) is 4.74 Å². The maximum absolute atomic E-state index is 12.3. The molecule has 1 heterocycles. The highest BCUT2D eigenvalue weighted by Gasteiger charge is 2.14. The third-order valence-corrected chi connectivity index (χ3v) is 5.40. The number of hydrogen-bond acceptors (Lipinski definition) is 5. The number of Topliss-reactive ketones (excluding diaryl/α,β-unsaturated/α-hetero) is 1. The van der Waals surface area contributed by atoms with E-state index in [1.54, 1.807) is 11.4 Å². The molecule has 0 spiro atoms. The van der Waals surface area contributed by atoms with Crippen LogP contribution in [0.5, 0.6) is 5.75 Å². The molecule has 0 saturated carbocycles.